The summed E-state index contributed by atoms with van der Waals surface area (Å²) in [4.78, 5) is 4.49. The maximum atomic E-state index is 12.4. The van der Waals surface area contributed by atoms with Crippen molar-refractivity contribution in [3.63, 3.8) is 0 Å². The summed E-state index contributed by atoms with van der Waals surface area (Å²) in [6, 6.07) is 14.6. The predicted molar refractivity (Wildman–Crippen MR) is 115 cm³/mol. The second kappa shape index (κ2) is 7.31. The molecule has 0 saturated heterocycles. The molecule has 29 heavy (non-hydrogen) atoms. The molecule has 0 bridgehead atoms. The Morgan fingerprint density at radius 3 is 2.52 bits per heavy atom. The molecule has 0 fully saturated rings. The number of benzene rings is 2. The van der Waals surface area contributed by atoms with Gasteiger partial charge in [0.25, 0.3) is 0 Å². The van der Waals surface area contributed by atoms with Crippen LogP contribution >= 0.6 is 11.6 Å². The highest BCUT2D eigenvalue weighted by Crippen LogP contribution is 2.38. The third-order valence-electron chi connectivity index (χ3n) is 4.95. The van der Waals surface area contributed by atoms with Crippen LogP contribution in [0.25, 0.3) is 10.9 Å². The van der Waals surface area contributed by atoms with Gasteiger partial charge in [-0.25, -0.2) is 13.4 Å². The lowest BCUT2D eigenvalue weighted by Crippen LogP contribution is -2.26. The minimum absolute atomic E-state index is 0.285. The van der Waals surface area contributed by atoms with E-state index in [1.165, 1.54) is 0 Å². The predicted octanol–water partition coefficient (Wildman–Crippen LogP) is 4.32. The second-order valence-electron chi connectivity index (χ2n) is 7.10. The van der Waals surface area contributed by atoms with Crippen molar-refractivity contribution >= 4 is 38.2 Å². The summed E-state index contributed by atoms with van der Waals surface area (Å²) in [6.45, 7) is 1.99. The highest BCUT2D eigenvalue weighted by molar-refractivity contribution is 7.88. The molecule has 2 heterocycles. The Balaban J connectivity index is 1.78. The number of nitrogens with zero attached hydrogens (tertiary/aromatic N) is 3. The molecule has 0 N–H and O–H groups in total. The lowest BCUT2D eigenvalue weighted by Gasteiger charge is -2.22. The highest BCUT2D eigenvalue weighted by Gasteiger charge is 2.36. The van der Waals surface area contributed by atoms with Crippen LogP contribution in [0.5, 0.6) is 5.75 Å². The Labute approximate surface area is 174 Å². The largest absolute Gasteiger partial charge is 0.497 e. The zero-order chi connectivity index (χ0) is 20.8. The number of aromatic nitrogens is 1. The zero-order valence-corrected chi connectivity index (χ0v) is 17.8. The molecule has 0 aliphatic carbocycles. The topological polar surface area (TPSA) is 71.9 Å². The molecular formula is C21H20ClN3O3S. The van der Waals surface area contributed by atoms with Crippen LogP contribution in [0.2, 0.25) is 5.15 Å². The number of halogens is 1. The lowest BCUT2D eigenvalue weighted by atomic mass is 9.99. The molecule has 0 amide bonds. The first-order valence-electron chi connectivity index (χ1n) is 9.04. The number of fused-ring (bicyclic) bond motifs is 1. The summed E-state index contributed by atoms with van der Waals surface area (Å²) in [5, 5.41) is 5.60. The average molecular weight is 430 g/mol. The summed E-state index contributed by atoms with van der Waals surface area (Å²) < 4.78 is 31.2. The fourth-order valence-electron chi connectivity index (χ4n) is 3.49. The highest BCUT2D eigenvalue weighted by atomic mass is 35.5. The molecule has 0 saturated carbocycles. The summed E-state index contributed by atoms with van der Waals surface area (Å²) in [6.07, 6.45) is 1.55. The van der Waals surface area contributed by atoms with E-state index in [2.05, 4.69) is 10.1 Å². The molecule has 8 heteroatoms. The molecule has 6 nitrogen and oxygen atoms in total. The van der Waals surface area contributed by atoms with Crippen molar-refractivity contribution in [2.75, 3.05) is 13.4 Å². The third-order valence-corrected chi connectivity index (χ3v) is 6.27. The van der Waals surface area contributed by atoms with Crippen LogP contribution in [0.3, 0.4) is 0 Å². The van der Waals surface area contributed by atoms with Gasteiger partial charge < -0.3 is 4.74 Å². The van der Waals surface area contributed by atoms with Gasteiger partial charge in [0.2, 0.25) is 10.0 Å². The van der Waals surface area contributed by atoms with Crippen molar-refractivity contribution in [2.24, 2.45) is 5.10 Å². The second-order valence-corrected chi connectivity index (χ2v) is 9.29. The van der Waals surface area contributed by atoms with Crippen LogP contribution in [0.4, 0.5) is 0 Å². The number of hydrogen-bond acceptors (Lipinski definition) is 5. The molecule has 0 radical (unpaired) electrons. The average Bonchev–Trinajstić information content (AvgIpc) is 3.13. The normalized spacial score (nSPS) is 16.9. The van der Waals surface area contributed by atoms with E-state index in [-0.39, 0.29) is 5.15 Å². The number of rotatable bonds is 4. The van der Waals surface area contributed by atoms with Crippen molar-refractivity contribution < 1.29 is 13.2 Å². The number of sulfonamides is 1. The molecule has 2 aromatic carbocycles. The van der Waals surface area contributed by atoms with Gasteiger partial charge in [-0.1, -0.05) is 23.7 Å². The van der Waals surface area contributed by atoms with Gasteiger partial charge in [-0.05, 0) is 54.4 Å². The minimum Gasteiger partial charge on any atom is -0.497 e. The van der Waals surface area contributed by atoms with E-state index in [9.17, 15) is 8.42 Å². The summed E-state index contributed by atoms with van der Waals surface area (Å²) in [5.41, 5.74) is 4.00. The smallest absolute Gasteiger partial charge is 0.247 e. The number of methoxy groups -OCH3 is 1. The van der Waals surface area contributed by atoms with Gasteiger partial charge in [-0.15, -0.1) is 0 Å². The first-order valence-corrected chi connectivity index (χ1v) is 11.3. The van der Waals surface area contributed by atoms with E-state index in [4.69, 9.17) is 16.3 Å². The van der Waals surface area contributed by atoms with E-state index in [0.717, 1.165) is 38.4 Å². The quantitative estimate of drug-likeness (QED) is 0.579. The van der Waals surface area contributed by atoms with Crippen LogP contribution in [0, 0.1) is 6.92 Å². The number of hydrogen-bond donors (Lipinski definition) is 0. The first-order chi connectivity index (χ1) is 13.8. The van der Waals surface area contributed by atoms with Crippen molar-refractivity contribution in [3.05, 3.63) is 70.4 Å². The Morgan fingerprint density at radius 1 is 1.14 bits per heavy atom. The molecular weight excluding hydrogens is 410 g/mol. The van der Waals surface area contributed by atoms with Crippen molar-refractivity contribution in [2.45, 2.75) is 19.4 Å². The third kappa shape index (κ3) is 3.80. The molecule has 1 aliphatic heterocycles. The summed E-state index contributed by atoms with van der Waals surface area (Å²) in [7, 11) is -2.00. The maximum absolute atomic E-state index is 12.4. The Morgan fingerprint density at radius 2 is 1.86 bits per heavy atom. The molecule has 1 atom stereocenters. The maximum Gasteiger partial charge on any atom is 0.247 e. The molecule has 150 valence electrons. The number of hydrazone groups is 1. The molecule has 1 aliphatic rings. The van der Waals surface area contributed by atoms with Gasteiger partial charge in [-0.3, -0.25) is 0 Å². The molecule has 3 aromatic rings. The first kappa shape index (κ1) is 19.7. The Bertz CT molecular complexity index is 1220. The summed E-state index contributed by atoms with van der Waals surface area (Å²) in [5.74, 6) is 0.723. The van der Waals surface area contributed by atoms with E-state index in [1.807, 2.05) is 55.5 Å². The van der Waals surface area contributed by atoms with E-state index in [1.54, 1.807) is 7.11 Å². The number of ether oxygens (including phenoxy) is 1. The van der Waals surface area contributed by atoms with E-state index < -0.39 is 16.1 Å². The van der Waals surface area contributed by atoms with E-state index >= 15 is 0 Å². The van der Waals surface area contributed by atoms with Crippen LogP contribution < -0.4 is 4.74 Å². The Kier molecular flexibility index (Phi) is 4.96. The van der Waals surface area contributed by atoms with E-state index in [0.29, 0.717) is 17.7 Å². The minimum atomic E-state index is -3.60. The fraction of sp³-hybridized carbons (Fsp3) is 0.238. The standard InChI is InChI=1S/C21H20ClN3O3S/c1-13-4-5-15-11-17(21(22)23-18(15)10-13)20-12-19(24-25(20)29(3,26)27)14-6-8-16(28-2)9-7-14/h4-11,20H,12H2,1-3H3. The number of pyridine rings is 1. The van der Waals surface area contributed by atoms with Crippen LogP contribution in [-0.4, -0.2) is 36.9 Å². The molecule has 4 rings (SSSR count). The number of aryl methyl sites for hydroxylation is 1. The zero-order valence-electron chi connectivity index (χ0n) is 16.3. The molecule has 0 spiro atoms. The molecule has 1 aromatic heterocycles. The monoisotopic (exact) mass is 429 g/mol. The van der Waals surface area contributed by atoms with Gasteiger partial charge in [-0.2, -0.15) is 9.52 Å². The van der Waals surface area contributed by atoms with Gasteiger partial charge >= 0.3 is 0 Å². The van der Waals surface area contributed by atoms with Gasteiger partial charge in [0.05, 0.1) is 30.6 Å². The summed E-state index contributed by atoms with van der Waals surface area (Å²) >= 11 is 6.48. The van der Waals surface area contributed by atoms with Gasteiger partial charge in [0.15, 0.2) is 0 Å². The van der Waals surface area contributed by atoms with Crippen molar-refractivity contribution in [3.8, 4) is 5.75 Å². The van der Waals surface area contributed by atoms with Crippen LogP contribution in [0.15, 0.2) is 53.6 Å². The van der Waals surface area contributed by atoms with Crippen molar-refractivity contribution in [1.82, 2.24) is 9.40 Å². The van der Waals surface area contributed by atoms with Gasteiger partial charge in [0.1, 0.15) is 10.9 Å². The van der Waals surface area contributed by atoms with Gasteiger partial charge in [0, 0.05) is 17.4 Å². The van der Waals surface area contributed by atoms with Crippen molar-refractivity contribution in [1.29, 1.82) is 0 Å². The fourth-order valence-corrected chi connectivity index (χ4v) is 4.66. The molecule has 1 unspecified atom stereocenters. The SMILES string of the molecule is COc1ccc(C2=NN(S(C)(=O)=O)C(c3cc4ccc(C)cc4nc3Cl)C2)cc1. The van der Waals surface area contributed by atoms with Crippen LogP contribution in [0.1, 0.15) is 29.2 Å². The Hall–Kier alpha value is -2.64. The van der Waals surface area contributed by atoms with Crippen LogP contribution in [-0.2, 0) is 10.0 Å². The lowest BCUT2D eigenvalue weighted by molar-refractivity contribution is 0.374.